The second-order valence-electron chi connectivity index (χ2n) is 9.57. The lowest BCUT2D eigenvalue weighted by Crippen LogP contribution is -2.35. The first-order valence-electron chi connectivity index (χ1n) is 12.4. The molecule has 2 N–H and O–H groups in total. The molecule has 2 amide bonds. The van der Waals surface area contributed by atoms with Gasteiger partial charge in [0.05, 0.1) is 23.7 Å². The lowest BCUT2D eigenvalue weighted by Gasteiger charge is -2.26. The lowest BCUT2D eigenvalue weighted by atomic mass is 9.97. The molecule has 1 aromatic heterocycles. The van der Waals surface area contributed by atoms with Crippen LogP contribution in [0.4, 0.5) is 0 Å². The van der Waals surface area contributed by atoms with Crippen LogP contribution in [0.3, 0.4) is 0 Å². The second-order valence-corrected chi connectivity index (χ2v) is 11.8. The van der Waals surface area contributed by atoms with Crippen LogP contribution in [0.5, 0.6) is 0 Å². The third-order valence-corrected chi connectivity index (χ3v) is 8.93. The SMILES string of the molecule is CCc1cc(C(=O)N2CCC[C@@H]2c2cccc(C(=O)NC3CCS(=O)(=O)C3)c2)ccc1-c1cn[nH]c1. The summed E-state index contributed by atoms with van der Waals surface area (Å²) in [6.07, 6.45) is 6.58. The number of amides is 2. The van der Waals surface area contributed by atoms with E-state index in [1.54, 1.807) is 12.3 Å². The Labute approximate surface area is 211 Å². The summed E-state index contributed by atoms with van der Waals surface area (Å²) in [5.74, 6) is -0.197. The molecule has 0 saturated carbocycles. The van der Waals surface area contributed by atoms with Gasteiger partial charge in [0, 0.05) is 35.5 Å². The minimum Gasteiger partial charge on any atom is -0.348 e. The number of aromatic amines is 1. The summed E-state index contributed by atoms with van der Waals surface area (Å²) in [5.41, 5.74) is 5.20. The van der Waals surface area contributed by atoms with Gasteiger partial charge >= 0.3 is 0 Å². The van der Waals surface area contributed by atoms with Gasteiger partial charge in [0.25, 0.3) is 11.8 Å². The predicted molar refractivity (Wildman–Crippen MR) is 137 cm³/mol. The number of benzene rings is 2. The van der Waals surface area contributed by atoms with E-state index in [1.165, 1.54) is 0 Å². The highest BCUT2D eigenvalue weighted by atomic mass is 32.2. The van der Waals surface area contributed by atoms with Crippen molar-refractivity contribution in [2.45, 2.75) is 44.7 Å². The van der Waals surface area contributed by atoms with Gasteiger partial charge in [-0.05, 0) is 66.6 Å². The smallest absolute Gasteiger partial charge is 0.254 e. The van der Waals surface area contributed by atoms with Crippen molar-refractivity contribution in [1.82, 2.24) is 20.4 Å². The largest absolute Gasteiger partial charge is 0.348 e. The molecule has 1 unspecified atom stereocenters. The molecule has 5 rings (SSSR count). The van der Waals surface area contributed by atoms with Crippen molar-refractivity contribution >= 4 is 21.7 Å². The van der Waals surface area contributed by atoms with Gasteiger partial charge in [0.15, 0.2) is 9.84 Å². The van der Waals surface area contributed by atoms with Crippen LogP contribution in [0.15, 0.2) is 54.9 Å². The van der Waals surface area contributed by atoms with Gasteiger partial charge in [-0.3, -0.25) is 14.7 Å². The predicted octanol–water partition coefficient (Wildman–Crippen LogP) is 3.53. The molecule has 2 fully saturated rings. The molecular weight excluding hydrogens is 476 g/mol. The highest BCUT2D eigenvalue weighted by molar-refractivity contribution is 7.91. The van der Waals surface area contributed by atoms with Crippen LogP contribution in [-0.2, 0) is 16.3 Å². The number of H-pyrrole nitrogens is 1. The summed E-state index contributed by atoms with van der Waals surface area (Å²) >= 11 is 0. The molecule has 0 bridgehead atoms. The average Bonchev–Trinajstić information content (AvgIpc) is 3.64. The van der Waals surface area contributed by atoms with Gasteiger partial charge in [-0.2, -0.15) is 5.10 Å². The molecule has 0 radical (unpaired) electrons. The van der Waals surface area contributed by atoms with Gasteiger partial charge in [-0.1, -0.05) is 25.1 Å². The maximum atomic E-state index is 13.6. The van der Waals surface area contributed by atoms with Gasteiger partial charge in [-0.15, -0.1) is 0 Å². The van der Waals surface area contributed by atoms with Crippen molar-refractivity contribution in [1.29, 1.82) is 0 Å². The Morgan fingerprint density at radius 3 is 2.72 bits per heavy atom. The Morgan fingerprint density at radius 1 is 1.14 bits per heavy atom. The van der Waals surface area contributed by atoms with Gasteiger partial charge in [0.2, 0.25) is 0 Å². The molecule has 36 heavy (non-hydrogen) atoms. The zero-order valence-electron chi connectivity index (χ0n) is 20.2. The average molecular weight is 507 g/mol. The zero-order valence-corrected chi connectivity index (χ0v) is 21.1. The quantitative estimate of drug-likeness (QED) is 0.531. The van der Waals surface area contributed by atoms with E-state index in [0.29, 0.717) is 24.1 Å². The van der Waals surface area contributed by atoms with Crippen LogP contribution < -0.4 is 5.32 Å². The number of aryl methyl sites for hydroxylation is 1. The first-order valence-corrected chi connectivity index (χ1v) is 14.2. The van der Waals surface area contributed by atoms with Crippen LogP contribution in [0.25, 0.3) is 11.1 Å². The highest BCUT2D eigenvalue weighted by Crippen LogP contribution is 2.34. The molecule has 2 atom stereocenters. The maximum Gasteiger partial charge on any atom is 0.254 e. The number of likely N-dealkylation sites (tertiary alicyclic amines) is 1. The number of carbonyl (C=O) groups excluding carboxylic acids is 2. The summed E-state index contributed by atoms with van der Waals surface area (Å²) < 4.78 is 23.5. The minimum absolute atomic E-state index is 0.0114. The summed E-state index contributed by atoms with van der Waals surface area (Å²) in [7, 11) is -3.07. The Balaban J connectivity index is 1.34. The maximum absolute atomic E-state index is 13.6. The number of carbonyl (C=O) groups is 2. The lowest BCUT2D eigenvalue weighted by molar-refractivity contribution is 0.0735. The first-order chi connectivity index (χ1) is 17.3. The molecule has 2 aliphatic heterocycles. The van der Waals surface area contributed by atoms with Crippen molar-refractivity contribution in [3.05, 3.63) is 77.1 Å². The van der Waals surface area contributed by atoms with Gasteiger partial charge in [0.1, 0.15) is 0 Å². The van der Waals surface area contributed by atoms with E-state index >= 15 is 0 Å². The van der Waals surface area contributed by atoms with Crippen LogP contribution >= 0.6 is 0 Å². The number of hydrogen-bond acceptors (Lipinski definition) is 5. The van der Waals surface area contributed by atoms with Crippen molar-refractivity contribution in [3.8, 4) is 11.1 Å². The monoisotopic (exact) mass is 506 g/mol. The Morgan fingerprint density at radius 2 is 2.00 bits per heavy atom. The van der Waals surface area contributed by atoms with E-state index in [2.05, 4.69) is 22.4 Å². The number of hydrogen-bond donors (Lipinski definition) is 2. The van der Waals surface area contributed by atoms with E-state index in [4.69, 9.17) is 0 Å². The van der Waals surface area contributed by atoms with Crippen molar-refractivity contribution in [2.75, 3.05) is 18.1 Å². The first kappa shape index (κ1) is 24.2. The zero-order chi connectivity index (χ0) is 25.3. The molecule has 0 spiro atoms. The van der Waals surface area contributed by atoms with Gasteiger partial charge < -0.3 is 10.2 Å². The fourth-order valence-corrected chi connectivity index (χ4v) is 6.96. The summed E-state index contributed by atoms with van der Waals surface area (Å²) in [5, 5.41) is 9.73. The normalized spacial score (nSPS) is 21.0. The Kier molecular flexibility index (Phi) is 6.66. The molecule has 9 heteroatoms. The number of nitrogens with one attached hydrogen (secondary N) is 2. The number of sulfone groups is 1. The third-order valence-electron chi connectivity index (χ3n) is 7.16. The van der Waals surface area contributed by atoms with Crippen LogP contribution in [0.2, 0.25) is 0 Å². The molecule has 188 valence electrons. The fourth-order valence-electron chi connectivity index (χ4n) is 5.29. The van der Waals surface area contributed by atoms with E-state index < -0.39 is 9.84 Å². The molecule has 2 aromatic carbocycles. The Hall–Kier alpha value is -3.46. The van der Waals surface area contributed by atoms with Crippen molar-refractivity contribution < 1.29 is 18.0 Å². The number of nitrogens with zero attached hydrogens (tertiary/aromatic N) is 2. The topological polar surface area (TPSA) is 112 Å². The highest BCUT2D eigenvalue weighted by Gasteiger charge is 2.32. The number of rotatable bonds is 6. The summed E-state index contributed by atoms with van der Waals surface area (Å²) in [4.78, 5) is 28.3. The summed E-state index contributed by atoms with van der Waals surface area (Å²) in [6.45, 7) is 2.73. The van der Waals surface area contributed by atoms with Crippen LogP contribution in [-0.4, -0.2) is 59.4 Å². The van der Waals surface area contributed by atoms with Crippen molar-refractivity contribution in [2.24, 2.45) is 0 Å². The van der Waals surface area contributed by atoms with Crippen molar-refractivity contribution in [3.63, 3.8) is 0 Å². The van der Waals surface area contributed by atoms with Gasteiger partial charge in [-0.25, -0.2) is 8.42 Å². The Bertz CT molecular complexity index is 1380. The van der Waals surface area contributed by atoms with E-state index in [0.717, 1.165) is 41.5 Å². The third kappa shape index (κ3) is 4.93. The molecule has 2 saturated heterocycles. The molecule has 3 aromatic rings. The standard InChI is InChI=1S/C27H30N4O4S/c1-2-18-13-21(8-9-24(18)22-15-28-29-16-22)27(33)31-11-4-7-25(31)19-5-3-6-20(14-19)26(32)30-23-10-12-36(34,35)17-23/h3,5-6,8-9,13-16,23,25H,2,4,7,10-12,17H2,1H3,(H,28,29)(H,30,32)/t23?,25-/m1/s1. The van der Waals surface area contributed by atoms with E-state index in [9.17, 15) is 18.0 Å². The minimum atomic E-state index is -3.07. The van der Waals surface area contributed by atoms with Crippen LogP contribution in [0.1, 0.15) is 64.1 Å². The van der Waals surface area contributed by atoms with E-state index in [1.807, 2.05) is 47.5 Å². The summed E-state index contributed by atoms with van der Waals surface area (Å²) in [6, 6.07) is 12.7. The molecule has 2 aliphatic rings. The number of aromatic nitrogens is 2. The van der Waals surface area contributed by atoms with Crippen LogP contribution in [0, 0.1) is 0 Å². The molecule has 3 heterocycles. The second kappa shape index (κ2) is 9.89. The molecule has 8 nitrogen and oxygen atoms in total. The fraction of sp³-hybridized carbons (Fsp3) is 0.370. The molecule has 0 aliphatic carbocycles. The van der Waals surface area contributed by atoms with E-state index in [-0.39, 0.29) is 35.4 Å². The molecular formula is C27H30N4O4S.